The Hall–Kier alpha value is -0.878. The molecule has 0 aromatic carbocycles. The number of hydrogen-bond donors (Lipinski definition) is 0. The van der Waals surface area contributed by atoms with E-state index in [4.69, 9.17) is 0 Å². The van der Waals surface area contributed by atoms with E-state index in [1.54, 1.807) is 13.8 Å². The van der Waals surface area contributed by atoms with Crippen LogP contribution in [0.5, 0.6) is 0 Å². The van der Waals surface area contributed by atoms with Crippen LogP contribution >= 0.6 is 0 Å². The van der Waals surface area contributed by atoms with Crippen molar-refractivity contribution in [3.05, 3.63) is 30.3 Å². The van der Waals surface area contributed by atoms with Gasteiger partial charge in [-0.15, -0.1) is 0 Å². The van der Waals surface area contributed by atoms with E-state index in [1.807, 2.05) is 0 Å². The van der Waals surface area contributed by atoms with Crippen LogP contribution in [0.25, 0.3) is 0 Å². The van der Waals surface area contributed by atoms with Gasteiger partial charge in [-0.25, -0.2) is 0 Å². The first-order chi connectivity index (χ1) is 6.85. The van der Waals surface area contributed by atoms with Gasteiger partial charge in [0.2, 0.25) is 0 Å². The summed E-state index contributed by atoms with van der Waals surface area (Å²) >= 11 is -3.61. The molecular weight excluding hydrogens is 402 g/mol. The van der Waals surface area contributed by atoms with Crippen LogP contribution in [0.1, 0.15) is 13.8 Å². The molecule has 10 heteroatoms. The predicted molar refractivity (Wildman–Crippen MR) is 50.4 cm³/mol. The zero-order valence-corrected chi connectivity index (χ0v) is 12.8. The zero-order chi connectivity index (χ0) is 12.2. The van der Waals surface area contributed by atoms with Gasteiger partial charge in [-0.1, -0.05) is 0 Å². The molecule has 0 rings (SSSR count). The third-order valence-electron chi connectivity index (χ3n) is 2.34. The van der Waals surface area contributed by atoms with Crippen molar-refractivity contribution >= 4 is 22.7 Å². The molecule has 0 aliphatic rings. The summed E-state index contributed by atoms with van der Waals surface area (Å²) in [4.78, 5) is 27.9. The average Bonchev–Trinajstić information content (AvgIpc) is 2.11. The molecule has 0 spiro atoms. The van der Waals surface area contributed by atoms with Crippen LogP contribution in [0, 0.1) is 30.3 Å². The Morgan fingerprint density at radius 3 is 1.27 bits per heavy atom. The molecule has 84 valence electrons. The number of rotatable bonds is 6. The summed E-state index contributed by atoms with van der Waals surface area (Å²) in [7, 11) is 0. The van der Waals surface area contributed by atoms with Crippen molar-refractivity contribution in [2.24, 2.45) is 0 Å². The van der Waals surface area contributed by atoms with Crippen LogP contribution < -0.4 is 0 Å². The predicted octanol–water partition coefficient (Wildman–Crippen LogP) is 0.544. The van der Waals surface area contributed by atoms with Crippen LogP contribution in [0.4, 0.5) is 0 Å². The minimum atomic E-state index is -3.61. The van der Waals surface area contributed by atoms with Gasteiger partial charge in [0.05, 0.1) is 0 Å². The summed E-state index contributed by atoms with van der Waals surface area (Å²) in [5.74, 6) is 0. The molecule has 0 aromatic rings. The summed E-state index contributed by atoms with van der Waals surface area (Å²) in [5, 5.41) is 31.9. The summed E-state index contributed by atoms with van der Waals surface area (Å²) < 4.78 is -2.65. The molecule has 0 amide bonds. The molecular formula is C5H10N3O6Tl. The van der Waals surface area contributed by atoms with Gasteiger partial charge in [0.15, 0.2) is 0 Å². The molecule has 9 nitrogen and oxygen atoms in total. The van der Waals surface area contributed by atoms with Crippen LogP contribution in [-0.4, -0.2) is 40.8 Å². The van der Waals surface area contributed by atoms with E-state index >= 15 is 0 Å². The van der Waals surface area contributed by atoms with E-state index in [1.165, 1.54) is 0 Å². The molecule has 0 bridgehead atoms. The third-order valence-corrected chi connectivity index (χ3v) is 16.7. The second-order valence-corrected chi connectivity index (χ2v) is 17.8. The van der Waals surface area contributed by atoms with Crippen LogP contribution in [-0.2, 0) is 0 Å². The molecule has 0 saturated heterocycles. The molecule has 0 N–H and O–H groups in total. The van der Waals surface area contributed by atoms with Gasteiger partial charge in [0.25, 0.3) is 0 Å². The Labute approximate surface area is 93.0 Å². The van der Waals surface area contributed by atoms with Crippen molar-refractivity contribution in [2.75, 3.05) is 0 Å². The monoisotopic (exact) mass is 413 g/mol. The molecule has 0 aliphatic carbocycles. The van der Waals surface area contributed by atoms with E-state index in [-0.39, 0.29) is 7.96 Å². The van der Waals surface area contributed by atoms with Crippen LogP contribution in [0.3, 0.4) is 0 Å². The van der Waals surface area contributed by atoms with Gasteiger partial charge in [0.1, 0.15) is 0 Å². The first kappa shape index (κ1) is 14.1. The van der Waals surface area contributed by atoms with Gasteiger partial charge in [0, 0.05) is 0 Å². The van der Waals surface area contributed by atoms with E-state index in [9.17, 15) is 30.3 Å². The third kappa shape index (κ3) is 2.21. The Kier molecular flexibility index (Phi) is 4.96. The van der Waals surface area contributed by atoms with Gasteiger partial charge < -0.3 is 0 Å². The van der Waals surface area contributed by atoms with Gasteiger partial charge in [-0.3, -0.25) is 0 Å². The molecule has 0 fully saturated rings. The standard InChI is InChI=1S/2C2H5.CN3O6.Tl/c2*1-2;5-2(6)1(3(7)8)4(9)10;/h2*1H2,2H3;;. The van der Waals surface area contributed by atoms with Crippen molar-refractivity contribution < 1.29 is 14.8 Å². The van der Waals surface area contributed by atoms with Crippen molar-refractivity contribution in [3.8, 4) is 0 Å². The Bertz CT molecular complexity index is 254. The van der Waals surface area contributed by atoms with Crippen molar-refractivity contribution in [1.29, 1.82) is 0 Å². The maximum atomic E-state index is 10.6. The SMILES string of the molecule is C[CH2][Tl]([CH2]C)[C]([N+](=O)[O-])([N+](=O)[O-])[N+](=O)[O-]. The fraction of sp³-hybridized carbons (Fsp3) is 1.00. The van der Waals surface area contributed by atoms with Crippen LogP contribution in [0.2, 0.25) is 7.96 Å². The second kappa shape index (κ2) is 5.27. The molecule has 0 heterocycles. The van der Waals surface area contributed by atoms with Crippen molar-refractivity contribution in [2.45, 2.75) is 25.2 Å². The molecule has 0 radical (unpaired) electrons. The van der Waals surface area contributed by atoms with Gasteiger partial charge >= 0.3 is 93.0 Å². The number of nitro groups is 3. The normalized spacial score (nSPS) is 10.8. The minimum absolute atomic E-state index is 0.222. The second-order valence-electron chi connectivity index (χ2n) is 2.97. The van der Waals surface area contributed by atoms with Gasteiger partial charge in [-0.2, -0.15) is 0 Å². The first-order valence-corrected chi connectivity index (χ1v) is 12.9. The Morgan fingerprint density at radius 2 is 1.20 bits per heavy atom. The molecule has 0 aliphatic heterocycles. The molecule has 0 atom stereocenters. The fourth-order valence-electron chi connectivity index (χ4n) is 1.48. The zero-order valence-electron chi connectivity index (χ0n) is 8.28. The fourth-order valence-corrected chi connectivity index (χ4v) is 11.5. The van der Waals surface area contributed by atoms with E-state index in [0.717, 1.165) is 0 Å². The molecule has 0 saturated carbocycles. The summed E-state index contributed by atoms with van der Waals surface area (Å²) in [6.07, 6.45) is 0. The summed E-state index contributed by atoms with van der Waals surface area (Å²) in [5.41, 5.74) is 0. The number of nitrogens with zero attached hydrogens (tertiary/aromatic N) is 3. The summed E-state index contributed by atoms with van der Waals surface area (Å²) in [6, 6.07) is 0. The topological polar surface area (TPSA) is 129 Å². The van der Waals surface area contributed by atoms with Gasteiger partial charge in [-0.05, 0) is 0 Å². The quantitative estimate of drug-likeness (QED) is 0.271. The molecule has 15 heavy (non-hydrogen) atoms. The first-order valence-electron chi connectivity index (χ1n) is 4.29. The average molecular weight is 413 g/mol. The molecule has 0 aromatic heterocycles. The van der Waals surface area contributed by atoms with E-state index < -0.39 is 40.8 Å². The van der Waals surface area contributed by atoms with Crippen LogP contribution in [0.15, 0.2) is 0 Å². The Morgan fingerprint density at radius 1 is 0.933 bits per heavy atom. The van der Waals surface area contributed by atoms with E-state index in [0.29, 0.717) is 0 Å². The number of hydrogen-bond acceptors (Lipinski definition) is 6. The maximum absolute atomic E-state index is 10.6. The van der Waals surface area contributed by atoms with E-state index in [2.05, 4.69) is 0 Å². The Balaban J connectivity index is 5.61. The van der Waals surface area contributed by atoms with Crippen molar-refractivity contribution in [3.63, 3.8) is 0 Å². The van der Waals surface area contributed by atoms with Crippen molar-refractivity contribution in [1.82, 2.24) is 0 Å². The summed E-state index contributed by atoms with van der Waals surface area (Å²) in [6.45, 7) is 3.09. The molecule has 0 unspecified atom stereocenters.